The fourth-order valence-corrected chi connectivity index (χ4v) is 3.14. The van der Waals surface area contributed by atoms with E-state index >= 15 is 0 Å². The number of nitrogens with two attached hydrogens (primary N) is 2. The Morgan fingerprint density at radius 2 is 1.06 bits per heavy atom. The fraction of sp³-hybridized carbons (Fsp3) is 0.261. The first-order valence-corrected chi connectivity index (χ1v) is 10.4. The first-order chi connectivity index (χ1) is 15.4. The molecule has 0 spiro atoms. The summed E-state index contributed by atoms with van der Waals surface area (Å²) in [4.78, 5) is 0. The van der Waals surface area contributed by atoms with Gasteiger partial charge in [0.15, 0.2) is 0 Å². The predicted octanol–water partition coefficient (Wildman–Crippen LogP) is 2.28. The van der Waals surface area contributed by atoms with Crippen LogP contribution in [0.1, 0.15) is 24.0 Å². The Kier molecular flexibility index (Phi) is 7.69. The van der Waals surface area contributed by atoms with E-state index < -0.39 is 0 Å². The van der Waals surface area contributed by atoms with E-state index in [0.717, 1.165) is 24.3 Å². The van der Waals surface area contributed by atoms with Gasteiger partial charge >= 0.3 is 0 Å². The predicted molar refractivity (Wildman–Crippen MR) is 123 cm³/mol. The molecule has 9 heteroatoms. The zero-order chi connectivity index (χ0) is 22.9. The van der Waals surface area contributed by atoms with Crippen molar-refractivity contribution >= 4 is 11.7 Å². The van der Waals surface area contributed by atoms with Crippen molar-refractivity contribution in [1.82, 2.24) is 9.13 Å². The average Bonchev–Trinajstić information content (AvgIpc) is 3.14. The molecule has 1 heterocycles. The molecule has 1 aromatic heterocycles. The van der Waals surface area contributed by atoms with Gasteiger partial charge in [0, 0.05) is 36.6 Å². The van der Waals surface area contributed by atoms with Crippen LogP contribution in [0.4, 0.5) is 0 Å². The van der Waals surface area contributed by atoms with Gasteiger partial charge in [0.05, 0.1) is 13.2 Å². The number of hydrogen-bond acceptors (Lipinski definition) is 5. The summed E-state index contributed by atoms with van der Waals surface area (Å²) in [6.45, 7) is 2.45. The number of imidazole rings is 1. The zero-order valence-electron chi connectivity index (χ0n) is 17.9. The van der Waals surface area contributed by atoms with Crippen LogP contribution in [0.3, 0.4) is 0 Å². The van der Waals surface area contributed by atoms with Crippen LogP contribution < -0.4 is 26.6 Å². The number of amidine groups is 2. The molecular weight excluding hydrogens is 406 g/mol. The van der Waals surface area contributed by atoms with E-state index in [1.165, 1.54) is 0 Å². The molecule has 32 heavy (non-hydrogen) atoms. The lowest BCUT2D eigenvalue weighted by Gasteiger charge is -2.09. The Morgan fingerprint density at radius 1 is 0.688 bits per heavy atom. The lowest BCUT2D eigenvalue weighted by atomic mass is 10.2. The number of nitrogens with one attached hydrogen (secondary N) is 3. The van der Waals surface area contributed by atoms with Gasteiger partial charge in [-0.05, 0) is 61.4 Å². The lowest BCUT2D eigenvalue weighted by molar-refractivity contribution is 0.296. The molecule has 0 fully saturated rings. The van der Waals surface area contributed by atoms with Crippen molar-refractivity contribution < 1.29 is 9.47 Å². The monoisotopic (exact) mass is 435 g/mol. The van der Waals surface area contributed by atoms with Crippen LogP contribution in [0, 0.1) is 16.2 Å². The van der Waals surface area contributed by atoms with Crippen LogP contribution >= 0.6 is 0 Å². The molecule has 7 N–H and O–H groups in total. The quantitative estimate of drug-likeness (QED) is 0.168. The molecule has 0 atom stereocenters. The van der Waals surface area contributed by atoms with Gasteiger partial charge in [-0.2, -0.15) is 0 Å². The summed E-state index contributed by atoms with van der Waals surface area (Å²) in [5, 5.41) is 23.1. The van der Waals surface area contributed by atoms with Gasteiger partial charge in [-0.15, -0.1) is 0 Å². The van der Waals surface area contributed by atoms with Crippen molar-refractivity contribution in [2.45, 2.75) is 25.9 Å². The van der Waals surface area contributed by atoms with Crippen molar-refractivity contribution in [2.24, 2.45) is 11.5 Å². The van der Waals surface area contributed by atoms with E-state index in [2.05, 4.69) is 0 Å². The molecule has 168 valence electrons. The van der Waals surface area contributed by atoms with E-state index in [4.69, 9.17) is 37.2 Å². The Bertz CT molecular complexity index is 1010. The van der Waals surface area contributed by atoms with Crippen LogP contribution in [-0.2, 0) is 13.1 Å². The highest BCUT2D eigenvalue weighted by Gasteiger charge is 2.03. The Balaban J connectivity index is 1.37. The molecule has 9 nitrogen and oxygen atoms in total. The van der Waals surface area contributed by atoms with Crippen LogP contribution in [0.25, 0.3) is 0 Å². The zero-order valence-corrected chi connectivity index (χ0v) is 17.9. The molecule has 0 aliphatic carbocycles. The van der Waals surface area contributed by atoms with Gasteiger partial charge in [-0.1, -0.05) is 0 Å². The highest BCUT2D eigenvalue weighted by molar-refractivity contribution is 5.95. The molecule has 3 aromatic rings. The first kappa shape index (κ1) is 22.7. The average molecular weight is 436 g/mol. The maximum atomic E-state index is 8.33. The molecule has 0 bridgehead atoms. The van der Waals surface area contributed by atoms with Gasteiger partial charge in [-0.3, -0.25) is 16.2 Å². The molecule has 0 amide bonds. The third kappa shape index (κ3) is 6.24. The van der Waals surface area contributed by atoms with Crippen molar-refractivity contribution in [1.29, 1.82) is 16.2 Å². The molecule has 0 radical (unpaired) electrons. The lowest BCUT2D eigenvalue weighted by Crippen LogP contribution is -2.25. The molecule has 0 aliphatic heterocycles. The smallest absolute Gasteiger partial charge is 0.202 e. The fourth-order valence-electron chi connectivity index (χ4n) is 3.14. The number of aromatic nitrogens is 2. The van der Waals surface area contributed by atoms with Crippen LogP contribution in [0.15, 0.2) is 60.9 Å². The van der Waals surface area contributed by atoms with Crippen LogP contribution in [0.5, 0.6) is 11.5 Å². The molecule has 0 saturated carbocycles. The Labute approximate surface area is 186 Å². The Morgan fingerprint density at radius 3 is 1.41 bits per heavy atom. The standard InChI is InChI=1S/C23H29N7O2/c24-21(25)17-3-7-19(8-4-17)31-15-1-11-29-13-14-30(23(29)28)12-2-16-32-20-9-5-18(6-10-20)22(26)27/h3-10,13-14,28H,1-2,11-12,15-16H2,(H3,24,25)(H3,26,27). The summed E-state index contributed by atoms with van der Waals surface area (Å²) in [5.74, 6) is 1.55. The highest BCUT2D eigenvalue weighted by Crippen LogP contribution is 2.13. The molecular formula is C23H29N7O2. The maximum absolute atomic E-state index is 8.33. The highest BCUT2D eigenvalue weighted by atomic mass is 16.5. The summed E-state index contributed by atoms with van der Waals surface area (Å²) in [6, 6.07) is 14.3. The van der Waals surface area contributed by atoms with Gasteiger partial charge in [-0.25, -0.2) is 0 Å². The Hall–Kier alpha value is -4.01. The number of aryl methyl sites for hydroxylation is 2. The summed E-state index contributed by atoms with van der Waals surface area (Å²) in [5.41, 5.74) is 12.7. The van der Waals surface area contributed by atoms with Crippen molar-refractivity contribution in [3.8, 4) is 11.5 Å². The second kappa shape index (κ2) is 10.9. The third-order valence-electron chi connectivity index (χ3n) is 4.93. The minimum absolute atomic E-state index is 0.0373. The number of nitrogens with zero attached hydrogens (tertiary/aromatic N) is 2. The second-order valence-electron chi connectivity index (χ2n) is 7.29. The number of hydrogen-bond donors (Lipinski definition) is 5. The van der Waals surface area contributed by atoms with E-state index in [9.17, 15) is 0 Å². The third-order valence-corrected chi connectivity index (χ3v) is 4.93. The SMILES string of the molecule is N=C(N)c1ccc(OCCCn2ccn(CCCOc3ccc(C(=N)N)cc3)c2=N)cc1. The molecule has 0 aliphatic rings. The summed E-state index contributed by atoms with van der Waals surface area (Å²) < 4.78 is 15.2. The van der Waals surface area contributed by atoms with Crippen molar-refractivity contribution in [3.05, 3.63) is 77.7 Å². The van der Waals surface area contributed by atoms with E-state index in [-0.39, 0.29) is 11.7 Å². The topological polar surface area (TPSA) is 152 Å². The summed E-state index contributed by atoms with van der Waals surface area (Å²) in [6.07, 6.45) is 5.36. The second-order valence-corrected chi connectivity index (χ2v) is 7.29. The van der Waals surface area contributed by atoms with Gasteiger partial charge < -0.3 is 30.1 Å². The van der Waals surface area contributed by atoms with Gasteiger partial charge in [0.1, 0.15) is 23.2 Å². The van der Waals surface area contributed by atoms with Gasteiger partial charge in [0.2, 0.25) is 5.62 Å². The largest absolute Gasteiger partial charge is 0.494 e. The number of benzene rings is 2. The minimum atomic E-state index is 0.0373. The molecule has 3 rings (SSSR count). The number of ether oxygens (including phenoxy) is 2. The maximum Gasteiger partial charge on any atom is 0.202 e. The first-order valence-electron chi connectivity index (χ1n) is 10.4. The van der Waals surface area contributed by atoms with Gasteiger partial charge in [0.25, 0.3) is 0 Å². The normalized spacial score (nSPS) is 10.6. The number of rotatable bonds is 12. The summed E-state index contributed by atoms with van der Waals surface area (Å²) >= 11 is 0. The number of nitrogen functional groups attached to an aromatic ring is 2. The van der Waals surface area contributed by atoms with E-state index in [1.54, 1.807) is 48.5 Å². The van der Waals surface area contributed by atoms with Crippen LogP contribution in [0.2, 0.25) is 0 Å². The van der Waals surface area contributed by atoms with Crippen molar-refractivity contribution in [3.63, 3.8) is 0 Å². The molecule has 2 aromatic carbocycles. The van der Waals surface area contributed by atoms with Crippen molar-refractivity contribution in [2.75, 3.05) is 13.2 Å². The van der Waals surface area contributed by atoms with E-state index in [1.807, 2.05) is 21.5 Å². The molecule has 0 unspecified atom stereocenters. The summed E-state index contributed by atoms with van der Waals surface area (Å²) in [7, 11) is 0. The minimum Gasteiger partial charge on any atom is -0.494 e. The molecule has 0 saturated heterocycles. The van der Waals surface area contributed by atoms with Crippen LogP contribution in [-0.4, -0.2) is 34.0 Å². The van der Waals surface area contributed by atoms with E-state index in [0.29, 0.717) is 43.0 Å².